The third-order valence-electron chi connectivity index (χ3n) is 2.42. The Hall–Kier alpha value is -1.04. The third kappa shape index (κ3) is 3.46. The molecule has 0 amide bonds. The highest BCUT2D eigenvalue weighted by molar-refractivity contribution is 7.80. The molecule has 1 aromatic rings. The molecule has 1 aromatic carbocycles. The van der Waals surface area contributed by atoms with E-state index >= 15 is 0 Å². The van der Waals surface area contributed by atoms with Crippen molar-refractivity contribution in [3.63, 3.8) is 0 Å². The fourth-order valence-corrected chi connectivity index (χ4v) is 2.13. The third-order valence-corrected chi connectivity index (χ3v) is 3.12. The molecule has 2 N–H and O–H groups in total. The van der Waals surface area contributed by atoms with Crippen molar-refractivity contribution in [2.24, 2.45) is 0 Å². The monoisotopic (exact) mass is 271 g/mol. The highest BCUT2D eigenvalue weighted by Gasteiger charge is 2.22. The zero-order chi connectivity index (χ0) is 12.1. The molecule has 1 heterocycles. The lowest BCUT2D eigenvalue weighted by Crippen LogP contribution is -2.51. The minimum atomic E-state index is -0.207. The first kappa shape index (κ1) is 12.4. The number of hydrogen-bond acceptors (Lipinski definition) is 3. The van der Waals surface area contributed by atoms with Gasteiger partial charge in [-0.2, -0.15) is 0 Å². The predicted octanol–water partition coefficient (Wildman–Crippen LogP) is 1.79. The number of ether oxygens (including phenoxy) is 1. The van der Waals surface area contributed by atoms with Gasteiger partial charge in [-0.3, -0.25) is 10.9 Å². The summed E-state index contributed by atoms with van der Waals surface area (Å²) >= 11 is 11.4. The van der Waals surface area contributed by atoms with E-state index in [9.17, 15) is 0 Å². The highest BCUT2D eigenvalue weighted by Crippen LogP contribution is 2.11. The van der Waals surface area contributed by atoms with Crippen LogP contribution in [-0.2, 0) is 4.74 Å². The molecule has 0 saturated carbocycles. The molecule has 0 aromatic heterocycles. The number of benzene rings is 1. The summed E-state index contributed by atoms with van der Waals surface area (Å²) in [6.07, 6.45) is 0. The summed E-state index contributed by atoms with van der Waals surface area (Å²) < 4.78 is 5.24. The van der Waals surface area contributed by atoms with Gasteiger partial charge in [-0.1, -0.05) is 29.8 Å². The molecule has 1 aliphatic rings. The summed E-state index contributed by atoms with van der Waals surface area (Å²) in [5.74, 6) is 0. The number of halogens is 1. The van der Waals surface area contributed by atoms with Gasteiger partial charge < -0.3 is 9.64 Å². The SMILES string of the molecule is S=C(NNc1ccccc1)N1CCOCC1Cl. The number of hydrazine groups is 1. The van der Waals surface area contributed by atoms with Crippen molar-refractivity contribution < 1.29 is 4.74 Å². The maximum atomic E-state index is 6.10. The Labute approximate surface area is 111 Å². The van der Waals surface area contributed by atoms with Crippen LogP contribution in [0.4, 0.5) is 5.69 Å². The van der Waals surface area contributed by atoms with Crippen LogP contribution in [0.15, 0.2) is 30.3 Å². The molecule has 6 heteroatoms. The van der Waals surface area contributed by atoms with Gasteiger partial charge in [0.15, 0.2) is 5.11 Å². The van der Waals surface area contributed by atoms with Crippen LogP contribution in [0, 0.1) is 0 Å². The van der Waals surface area contributed by atoms with E-state index in [2.05, 4.69) is 10.9 Å². The molecule has 1 atom stereocenters. The van der Waals surface area contributed by atoms with Gasteiger partial charge in [0, 0.05) is 6.54 Å². The summed E-state index contributed by atoms with van der Waals surface area (Å²) in [7, 11) is 0. The van der Waals surface area contributed by atoms with Crippen molar-refractivity contribution in [2.45, 2.75) is 5.50 Å². The molecule has 0 bridgehead atoms. The topological polar surface area (TPSA) is 36.5 Å². The number of alkyl halides is 1. The number of morpholine rings is 1. The first-order valence-corrected chi connectivity index (χ1v) is 6.21. The first-order chi connectivity index (χ1) is 8.27. The summed E-state index contributed by atoms with van der Waals surface area (Å²) in [5.41, 5.74) is 6.74. The summed E-state index contributed by atoms with van der Waals surface area (Å²) in [4.78, 5) is 1.90. The molecule has 1 fully saturated rings. The van der Waals surface area contributed by atoms with Gasteiger partial charge in [-0.05, 0) is 24.4 Å². The number of para-hydroxylation sites is 1. The van der Waals surface area contributed by atoms with Gasteiger partial charge in [0.1, 0.15) is 5.50 Å². The summed E-state index contributed by atoms with van der Waals surface area (Å²) in [5, 5.41) is 0.581. The number of rotatable bonds is 2. The van der Waals surface area contributed by atoms with Crippen molar-refractivity contribution in [1.82, 2.24) is 10.3 Å². The largest absolute Gasteiger partial charge is 0.376 e. The second-order valence-corrected chi connectivity index (χ2v) is 4.51. The Morgan fingerprint density at radius 3 is 2.88 bits per heavy atom. The van der Waals surface area contributed by atoms with Gasteiger partial charge in [0.2, 0.25) is 0 Å². The van der Waals surface area contributed by atoms with Gasteiger partial charge in [-0.25, -0.2) is 0 Å². The van der Waals surface area contributed by atoms with Crippen LogP contribution in [0.1, 0.15) is 0 Å². The van der Waals surface area contributed by atoms with E-state index in [1.54, 1.807) is 0 Å². The van der Waals surface area contributed by atoms with Gasteiger partial charge in [0.25, 0.3) is 0 Å². The molecule has 2 rings (SSSR count). The van der Waals surface area contributed by atoms with Gasteiger partial charge in [0.05, 0.1) is 18.9 Å². The molecule has 1 aliphatic heterocycles. The van der Waals surface area contributed by atoms with E-state index in [0.29, 0.717) is 24.9 Å². The maximum absolute atomic E-state index is 6.10. The average Bonchev–Trinajstić information content (AvgIpc) is 2.38. The summed E-state index contributed by atoms with van der Waals surface area (Å²) in [6, 6.07) is 9.76. The molecule has 1 saturated heterocycles. The van der Waals surface area contributed by atoms with Crippen LogP contribution < -0.4 is 10.9 Å². The Morgan fingerprint density at radius 2 is 2.18 bits per heavy atom. The lowest BCUT2D eigenvalue weighted by Gasteiger charge is -2.33. The van der Waals surface area contributed by atoms with Crippen molar-refractivity contribution in [1.29, 1.82) is 0 Å². The van der Waals surface area contributed by atoms with Crippen LogP contribution >= 0.6 is 23.8 Å². The Balaban J connectivity index is 1.84. The Kier molecular flexibility index (Phi) is 4.42. The smallest absolute Gasteiger partial charge is 0.189 e. The van der Waals surface area contributed by atoms with E-state index in [0.717, 1.165) is 5.69 Å². The molecule has 17 heavy (non-hydrogen) atoms. The molecule has 0 radical (unpaired) electrons. The van der Waals surface area contributed by atoms with Crippen LogP contribution in [0.25, 0.3) is 0 Å². The van der Waals surface area contributed by atoms with Crippen LogP contribution in [0.5, 0.6) is 0 Å². The lowest BCUT2D eigenvalue weighted by molar-refractivity contribution is 0.0538. The number of nitrogens with zero attached hydrogens (tertiary/aromatic N) is 1. The van der Waals surface area contributed by atoms with E-state index in [1.807, 2.05) is 35.2 Å². The van der Waals surface area contributed by atoms with Gasteiger partial charge >= 0.3 is 0 Å². The van der Waals surface area contributed by atoms with Crippen molar-refractivity contribution >= 4 is 34.6 Å². The first-order valence-electron chi connectivity index (χ1n) is 5.37. The van der Waals surface area contributed by atoms with E-state index in [4.69, 9.17) is 28.6 Å². The normalized spacial score (nSPS) is 19.8. The number of nitrogens with one attached hydrogen (secondary N) is 2. The fourth-order valence-electron chi connectivity index (χ4n) is 1.52. The number of hydrogen-bond donors (Lipinski definition) is 2. The Morgan fingerprint density at radius 1 is 1.41 bits per heavy atom. The maximum Gasteiger partial charge on any atom is 0.189 e. The van der Waals surface area contributed by atoms with Crippen LogP contribution in [0.2, 0.25) is 0 Å². The highest BCUT2D eigenvalue weighted by atomic mass is 35.5. The molecule has 92 valence electrons. The standard InChI is InChI=1S/C11H14ClN3OS/c12-10-8-16-7-6-15(10)11(17)14-13-9-4-2-1-3-5-9/h1-5,10,13H,6-8H2,(H,14,17). The van der Waals surface area contributed by atoms with Crippen molar-refractivity contribution in [3.05, 3.63) is 30.3 Å². The zero-order valence-electron chi connectivity index (χ0n) is 9.23. The molecule has 1 unspecified atom stereocenters. The Bertz CT molecular complexity index is 376. The van der Waals surface area contributed by atoms with E-state index in [-0.39, 0.29) is 5.50 Å². The van der Waals surface area contributed by atoms with E-state index < -0.39 is 0 Å². The summed E-state index contributed by atoms with van der Waals surface area (Å²) in [6.45, 7) is 1.85. The van der Waals surface area contributed by atoms with Crippen LogP contribution in [0.3, 0.4) is 0 Å². The molecule has 0 aliphatic carbocycles. The fraction of sp³-hybridized carbons (Fsp3) is 0.364. The molecule has 4 nitrogen and oxygen atoms in total. The quantitative estimate of drug-likeness (QED) is 0.371. The number of thiocarbonyl (C=S) groups is 1. The van der Waals surface area contributed by atoms with Crippen LogP contribution in [-0.4, -0.2) is 35.3 Å². The van der Waals surface area contributed by atoms with Crippen molar-refractivity contribution in [2.75, 3.05) is 25.2 Å². The molecular weight excluding hydrogens is 258 g/mol. The molecular formula is C11H14ClN3OS. The zero-order valence-corrected chi connectivity index (χ0v) is 10.8. The molecule has 0 spiro atoms. The number of anilines is 1. The minimum Gasteiger partial charge on any atom is -0.376 e. The van der Waals surface area contributed by atoms with Crippen molar-refractivity contribution in [3.8, 4) is 0 Å². The average molecular weight is 272 g/mol. The van der Waals surface area contributed by atoms with E-state index in [1.165, 1.54) is 0 Å². The predicted molar refractivity (Wildman–Crippen MR) is 73.0 cm³/mol. The lowest BCUT2D eigenvalue weighted by atomic mass is 10.3. The second kappa shape index (κ2) is 6.05. The minimum absolute atomic E-state index is 0.207. The van der Waals surface area contributed by atoms with Gasteiger partial charge in [-0.15, -0.1) is 0 Å². The second-order valence-electron chi connectivity index (χ2n) is 3.62.